The molecule has 2 heterocycles. The highest BCUT2D eigenvalue weighted by Crippen LogP contribution is 2.24. The molecule has 0 radical (unpaired) electrons. The Kier molecular flexibility index (Phi) is 4.06. The average molecular weight is 302 g/mol. The first-order chi connectivity index (χ1) is 10.2. The van der Waals surface area contributed by atoms with Gasteiger partial charge in [0, 0.05) is 12.7 Å². The number of oxazole rings is 1. The summed E-state index contributed by atoms with van der Waals surface area (Å²) in [5.41, 5.74) is 1.64. The molecule has 1 aromatic carbocycles. The second kappa shape index (κ2) is 6.13. The van der Waals surface area contributed by atoms with Gasteiger partial charge in [-0.15, -0.1) is 11.8 Å². The van der Waals surface area contributed by atoms with Crippen molar-refractivity contribution in [2.24, 2.45) is 4.99 Å². The quantitative estimate of drug-likeness (QED) is 0.812. The molecule has 0 spiro atoms. The lowest BCUT2D eigenvalue weighted by Crippen LogP contribution is -2.21. The molecule has 1 aliphatic rings. The number of aromatic nitrogens is 1. The number of aryl methyl sites for hydroxylation is 1. The van der Waals surface area contributed by atoms with Crippen LogP contribution in [0.25, 0.3) is 0 Å². The van der Waals surface area contributed by atoms with Gasteiger partial charge >= 0.3 is 5.97 Å². The molecule has 21 heavy (non-hydrogen) atoms. The molecule has 3 rings (SSSR count). The van der Waals surface area contributed by atoms with Crippen LogP contribution in [0.3, 0.4) is 0 Å². The molecular weight excluding hydrogens is 288 g/mol. The highest BCUT2D eigenvalue weighted by Gasteiger charge is 2.28. The highest BCUT2D eigenvalue weighted by molar-refractivity contribution is 8.14. The molecule has 108 valence electrons. The minimum absolute atomic E-state index is 0.273. The van der Waals surface area contributed by atoms with Gasteiger partial charge in [0.1, 0.15) is 23.6 Å². The van der Waals surface area contributed by atoms with Gasteiger partial charge in [-0.3, -0.25) is 4.99 Å². The SMILES string of the molecule is Cc1nc(C2=NC(C(=O)OCc3ccccc3)CS2)co1. The molecule has 0 aliphatic carbocycles. The maximum atomic E-state index is 12.0. The van der Waals surface area contributed by atoms with Gasteiger partial charge in [0.2, 0.25) is 0 Å². The van der Waals surface area contributed by atoms with Crippen LogP contribution in [-0.2, 0) is 16.1 Å². The van der Waals surface area contributed by atoms with Gasteiger partial charge in [0.15, 0.2) is 11.9 Å². The Balaban J connectivity index is 1.60. The van der Waals surface area contributed by atoms with Gasteiger partial charge in [-0.25, -0.2) is 9.78 Å². The summed E-state index contributed by atoms with van der Waals surface area (Å²) in [7, 11) is 0. The van der Waals surface area contributed by atoms with Crippen LogP contribution in [0.15, 0.2) is 46.0 Å². The lowest BCUT2D eigenvalue weighted by Gasteiger charge is -2.07. The molecule has 6 heteroatoms. The number of nitrogens with zero attached hydrogens (tertiary/aromatic N) is 2. The molecule has 0 saturated heterocycles. The van der Waals surface area contributed by atoms with E-state index in [-0.39, 0.29) is 12.6 Å². The molecule has 0 fully saturated rings. The Hall–Kier alpha value is -2.08. The number of hydrogen-bond acceptors (Lipinski definition) is 6. The fraction of sp³-hybridized carbons (Fsp3) is 0.267. The van der Waals surface area contributed by atoms with Gasteiger partial charge in [0.05, 0.1) is 0 Å². The third-order valence-corrected chi connectivity index (χ3v) is 4.06. The van der Waals surface area contributed by atoms with Crippen molar-refractivity contribution in [2.45, 2.75) is 19.6 Å². The van der Waals surface area contributed by atoms with Crippen molar-refractivity contribution in [3.63, 3.8) is 0 Å². The minimum Gasteiger partial charge on any atom is -0.459 e. The first kappa shape index (κ1) is 13.9. The van der Waals surface area contributed by atoms with Gasteiger partial charge in [0.25, 0.3) is 0 Å². The molecule has 1 atom stereocenters. The number of esters is 1. The fourth-order valence-corrected chi connectivity index (χ4v) is 2.89. The zero-order valence-electron chi connectivity index (χ0n) is 11.5. The van der Waals surface area contributed by atoms with Crippen molar-refractivity contribution >= 4 is 22.8 Å². The van der Waals surface area contributed by atoms with Gasteiger partial charge in [-0.1, -0.05) is 30.3 Å². The van der Waals surface area contributed by atoms with E-state index >= 15 is 0 Å². The Morgan fingerprint density at radius 1 is 1.43 bits per heavy atom. The van der Waals surface area contributed by atoms with Crippen LogP contribution in [0.4, 0.5) is 0 Å². The molecule has 0 N–H and O–H groups in total. The predicted octanol–water partition coefficient (Wildman–Crippen LogP) is 2.59. The van der Waals surface area contributed by atoms with E-state index in [0.29, 0.717) is 17.3 Å². The Morgan fingerprint density at radius 3 is 2.95 bits per heavy atom. The van der Waals surface area contributed by atoms with E-state index in [9.17, 15) is 4.79 Å². The van der Waals surface area contributed by atoms with E-state index in [1.807, 2.05) is 30.3 Å². The summed E-state index contributed by atoms with van der Waals surface area (Å²) in [5.74, 6) is 0.861. The van der Waals surface area contributed by atoms with Crippen molar-refractivity contribution in [3.8, 4) is 0 Å². The summed E-state index contributed by atoms with van der Waals surface area (Å²) < 4.78 is 10.5. The summed E-state index contributed by atoms with van der Waals surface area (Å²) in [4.78, 5) is 20.6. The number of benzene rings is 1. The number of carbonyl (C=O) groups is 1. The summed E-state index contributed by atoms with van der Waals surface area (Å²) in [6, 6.07) is 9.13. The van der Waals surface area contributed by atoms with Crippen molar-refractivity contribution in [3.05, 3.63) is 53.7 Å². The molecule has 5 nitrogen and oxygen atoms in total. The van der Waals surface area contributed by atoms with E-state index in [4.69, 9.17) is 9.15 Å². The highest BCUT2D eigenvalue weighted by atomic mass is 32.2. The third-order valence-electron chi connectivity index (χ3n) is 2.99. The average Bonchev–Trinajstić information content (AvgIpc) is 3.14. The van der Waals surface area contributed by atoms with Crippen LogP contribution in [0.5, 0.6) is 0 Å². The normalized spacial score (nSPS) is 17.6. The zero-order chi connectivity index (χ0) is 14.7. The number of carbonyl (C=O) groups excluding carboxylic acids is 1. The largest absolute Gasteiger partial charge is 0.459 e. The first-order valence-corrected chi connectivity index (χ1v) is 7.54. The van der Waals surface area contributed by atoms with Crippen LogP contribution >= 0.6 is 11.8 Å². The van der Waals surface area contributed by atoms with Crippen LogP contribution < -0.4 is 0 Å². The standard InChI is InChI=1S/C15H14N2O3S/c1-10-16-12(8-19-10)14-17-13(9-21-14)15(18)20-7-11-5-3-2-4-6-11/h2-6,8,13H,7,9H2,1H3. The molecule has 1 aliphatic heterocycles. The second-order valence-electron chi connectivity index (χ2n) is 4.61. The lowest BCUT2D eigenvalue weighted by molar-refractivity contribution is -0.145. The van der Waals surface area contributed by atoms with Crippen molar-refractivity contribution in [1.82, 2.24) is 4.98 Å². The zero-order valence-corrected chi connectivity index (χ0v) is 12.3. The molecule has 0 bridgehead atoms. The van der Waals surface area contributed by atoms with Crippen LogP contribution in [0.2, 0.25) is 0 Å². The lowest BCUT2D eigenvalue weighted by atomic mass is 10.2. The third kappa shape index (κ3) is 3.33. The van der Waals surface area contributed by atoms with Gasteiger partial charge < -0.3 is 9.15 Å². The topological polar surface area (TPSA) is 64.7 Å². The van der Waals surface area contributed by atoms with E-state index in [1.165, 1.54) is 11.8 Å². The maximum absolute atomic E-state index is 12.0. The molecule has 0 amide bonds. The van der Waals surface area contributed by atoms with E-state index < -0.39 is 6.04 Å². The summed E-state index contributed by atoms with van der Waals surface area (Å²) in [6.45, 7) is 2.05. The summed E-state index contributed by atoms with van der Waals surface area (Å²) >= 11 is 1.49. The van der Waals surface area contributed by atoms with Crippen LogP contribution in [0.1, 0.15) is 17.1 Å². The number of ether oxygens (including phenoxy) is 1. The number of hydrogen-bond donors (Lipinski definition) is 0. The van der Waals surface area contributed by atoms with E-state index in [0.717, 1.165) is 10.6 Å². The van der Waals surface area contributed by atoms with Crippen molar-refractivity contribution in [1.29, 1.82) is 0 Å². The van der Waals surface area contributed by atoms with Crippen molar-refractivity contribution in [2.75, 3.05) is 5.75 Å². The molecule has 2 aromatic rings. The van der Waals surface area contributed by atoms with E-state index in [2.05, 4.69) is 9.98 Å². The fourth-order valence-electron chi connectivity index (χ4n) is 1.92. The van der Waals surface area contributed by atoms with Gasteiger partial charge in [-0.2, -0.15) is 0 Å². The summed E-state index contributed by atoms with van der Waals surface area (Å²) in [5, 5.41) is 0.730. The van der Waals surface area contributed by atoms with Crippen LogP contribution in [-0.4, -0.2) is 27.8 Å². The molecule has 1 aromatic heterocycles. The Labute approximate surface area is 126 Å². The molecule has 1 unspecified atom stereocenters. The summed E-state index contributed by atoms with van der Waals surface area (Å²) in [6.07, 6.45) is 1.55. The number of aliphatic imine (C=N–C) groups is 1. The van der Waals surface area contributed by atoms with Crippen LogP contribution in [0, 0.1) is 6.92 Å². The van der Waals surface area contributed by atoms with Crippen molar-refractivity contribution < 1.29 is 13.9 Å². The monoisotopic (exact) mass is 302 g/mol. The minimum atomic E-state index is -0.467. The maximum Gasteiger partial charge on any atom is 0.332 e. The predicted molar refractivity (Wildman–Crippen MR) is 80.3 cm³/mol. The first-order valence-electron chi connectivity index (χ1n) is 6.56. The number of rotatable bonds is 4. The number of thioether (sulfide) groups is 1. The second-order valence-corrected chi connectivity index (χ2v) is 5.61. The Bertz CT molecular complexity index is 667. The smallest absolute Gasteiger partial charge is 0.332 e. The van der Waals surface area contributed by atoms with E-state index in [1.54, 1.807) is 13.2 Å². The van der Waals surface area contributed by atoms with Gasteiger partial charge in [-0.05, 0) is 5.56 Å². The molecular formula is C15H14N2O3S. The Morgan fingerprint density at radius 2 is 2.24 bits per heavy atom. The molecule has 0 saturated carbocycles.